The van der Waals surface area contributed by atoms with Gasteiger partial charge in [0.1, 0.15) is 0 Å². The second-order valence-corrected chi connectivity index (χ2v) is 7.60. The maximum atomic E-state index is 12.4. The molecule has 0 bridgehead atoms. The average Bonchev–Trinajstić information content (AvgIpc) is 3.33. The van der Waals surface area contributed by atoms with Gasteiger partial charge >= 0.3 is 5.69 Å². The molecule has 0 aliphatic carbocycles. The van der Waals surface area contributed by atoms with Crippen molar-refractivity contribution in [3.63, 3.8) is 0 Å². The number of benzene rings is 1. The summed E-state index contributed by atoms with van der Waals surface area (Å²) in [5, 5.41) is 7.56. The Hall–Kier alpha value is -2.65. The van der Waals surface area contributed by atoms with Crippen molar-refractivity contribution in [3.8, 4) is 11.1 Å². The molecule has 1 aliphatic heterocycles. The number of rotatable bonds is 6. The smallest absolute Gasteiger partial charge is 0.350 e. The number of carbonyl (C=O) groups is 1. The molecule has 1 atom stereocenters. The van der Waals surface area contributed by atoms with Crippen molar-refractivity contribution < 1.29 is 9.53 Å². The molecule has 1 amide bonds. The van der Waals surface area contributed by atoms with Gasteiger partial charge in [0, 0.05) is 18.7 Å². The predicted molar refractivity (Wildman–Crippen MR) is 106 cm³/mol. The fourth-order valence-corrected chi connectivity index (χ4v) is 3.94. The minimum Gasteiger partial charge on any atom is -0.376 e. The van der Waals surface area contributed by atoms with Crippen LogP contribution in [0.2, 0.25) is 0 Å². The third kappa shape index (κ3) is 3.95. The predicted octanol–water partition coefficient (Wildman–Crippen LogP) is 1.78. The number of nitrogens with one attached hydrogen (secondary N) is 2. The van der Waals surface area contributed by atoms with Crippen LogP contribution in [0, 0.1) is 6.92 Å². The van der Waals surface area contributed by atoms with Gasteiger partial charge in [-0.25, -0.2) is 9.78 Å². The third-order valence-corrected chi connectivity index (χ3v) is 5.48. The molecule has 8 nitrogen and oxygen atoms in total. The number of amides is 1. The highest BCUT2D eigenvalue weighted by Crippen LogP contribution is 2.26. The molecule has 4 rings (SSSR count). The van der Waals surface area contributed by atoms with Gasteiger partial charge in [-0.2, -0.15) is 9.61 Å². The number of H-pyrrole nitrogens is 1. The molecule has 3 heterocycles. The summed E-state index contributed by atoms with van der Waals surface area (Å²) in [5.41, 5.74) is 2.59. The molecule has 1 saturated heterocycles. The Kier molecular flexibility index (Phi) is 5.45. The van der Waals surface area contributed by atoms with E-state index in [1.54, 1.807) is 0 Å². The number of aromatic amines is 1. The Morgan fingerprint density at radius 2 is 2.21 bits per heavy atom. The number of hydrogen-bond acceptors (Lipinski definition) is 6. The molecule has 2 aromatic heterocycles. The number of fused-ring (bicyclic) bond motifs is 1. The van der Waals surface area contributed by atoms with E-state index in [9.17, 15) is 9.59 Å². The van der Waals surface area contributed by atoms with Gasteiger partial charge in [-0.3, -0.25) is 9.78 Å². The molecule has 0 spiro atoms. The Labute approximate surface area is 165 Å². The Bertz CT molecular complexity index is 1040. The van der Waals surface area contributed by atoms with E-state index >= 15 is 0 Å². The number of nitrogens with zero attached hydrogens (tertiary/aromatic N) is 3. The van der Waals surface area contributed by atoms with Crippen LogP contribution in [0.25, 0.3) is 16.8 Å². The van der Waals surface area contributed by atoms with Gasteiger partial charge in [-0.1, -0.05) is 42.1 Å². The highest BCUT2D eigenvalue weighted by atomic mass is 32.2. The highest BCUT2D eigenvalue weighted by molar-refractivity contribution is 7.99. The van der Waals surface area contributed by atoms with Crippen molar-refractivity contribution in [2.75, 3.05) is 18.9 Å². The first-order valence-corrected chi connectivity index (χ1v) is 10.2. The summed E-state index contributed by atoms with van der Waals surface area (Å²) in [6, 6.07) is 9.71. The normalized spacial score (nSPS) is 16.5. The Balaban J connectivity index is 1.52. The zero-order chi connectivity index (χ0) is 19.5. The molecular formula is C19H21N5O3S. The van der Waals surface area contributed by atoms with Crippen LogP contribution in [0.15, 0.2) is 40.3 Å². The summed E-state index contributed by atoms with van der Waals surface area (Å²) in [6.45, 7) is 3.12. The van der Waals surface area contributed by atoms with Gasteiger partial charge in [0.05, 0.1) is 17.6 Å². The van der Waals surface area contributed by atoms with Crippen LogP contribution < -0.4 is 11.0 Å². The molecule has 9 heteroatoms. The second kappa shape index (κ2) is 8.15. The minimum atomic E-state index is -0.377. The Morgan fingerprint density at radius 1 is 1.39 bits per heavy atom. The van der Waals surface area contributed by atoms with Crippen molar-refractivity contribution in [2.45, 2.75) is 31.0 Å². The quantitative estimate of drug-likeness (QED) is 0.613. The first-order valence-electron chi connectivity index (χ1n) is 9.18. The summed E-state index contributed by atoms with van der Waals surface area (Å²) in [6.07, 6.45) is 2.11. The number of aromatic nitrogens is 4. The first-order chi connectivity index (χ1) is 13.6. The number of carbonyl (C=O) groups excluding carboxylic acids is 1. The van der Waals surface area contributed by atoms with Crippen LogP contribution in [0.1, 0.15) is 18.5 Å². The van der Waals surface area contributed by atoms with Crippen molar-refractivity contribution in [1.29, 1.82) is 0 Å². The van der Waals surface area contributed by atoms with E-state index in [4.69, 9.17) is 4.74 Å². The number of aryl methyl sites for hydroxylation is 1. The number of hydrogen-bond donors (Lipinski definition) is 2. The maximum Gasteiger partial charge on any atom is 0.350 e. The fourth-order valence-electron chi connectivity index (χ4n) is 3.26. The molecule has 28 heavy (non-hydrogen) atoms. The molecule has 1 aliphatic rings. The van der Waals surface area contributed by atoms with Crippen molar-refractivity contribution in [1.82, 2.24) is 24.9 Å². The standard InChI is InChI=1S/C19H21N5O3S/c1-12-16(13-6-3-2-4-7-13)17-21-18(22-19(26)24(17)23-12)28-11-15(25)20-10-14-8-5-9-27-14/h2-4,6-7,14H,5,8-11H2,1H3,(H,20,25)(H,21,22,26)/t14-/m1/s1. The molecule has 1 fully saturated rings. The van der Waals surface area contributed by atoms with Crippen LogP contribution in [0.5, 0.6) is 0 Å². The molecule has 3 aromatic rings. The van der Waals surface area contributed by atoms with E-state index < -0.39 is 0 Å². The SMILES string of the molecule is Cc1nn2c(=O)[nH]c(SCC(=O)NC[C@H]3CCCO3)nc2c1-c1ccccc1. The van der Waals surface area contributed by atoms with Gasteiger partial charge < -0.3 is 10.1 Å². The lowest BCUT2D eigenvalue weighted by Gasteiger charge is -2.10. The van der Waals surface area contributed by atoms with E-state index in [2.05, 4.69) is 20.4 Å². The van der Waals surface area contributed by atoms with Crippen molar-refractivity contribution in [2.24, 2.45) is 0 Å². The summed E-state index contributed by atoms with van der Waals surface area (Å²) >= 11 is 1.19. The molecule has 0 radical (unpaired) electrons. The topological polar surface area (TPSA) is 101 Å². The fraction of sp³-hybridized carbons (Fsp3) is 0.368. The van der Waals surface area contributed by atoms with Gasteiger partial charge in [0.2, 0.25) is 5.91 Å². The van der Waals surface area contributed by atoms with Gasteiger partial charge in [-0.05, 0) is 25.3 Å². The molecule has 0 saturated carbocycles. The number of thioether (sulfide) groups is 1. The Morgan fingerprint density at radius 3 is 2.96 bits per heavy atom. The molecule has 2 N–H and O–H groups in total. The molecular weight excluding hydrogens is 378 g/mol. The lowest BCUT2D eigenvalue weighted by Crippen LogP contribution is -2.33. The lowest BCUT2D eigenvalue weighted by molar-refractivity contribution is -0.119. The van der Waals surface area contributed by atoms with Gasteiger partial charge in [0.15, 0.2) is 10.8 Å². The van der Waals surface area contributed by atoms with Gasteiger partial charge in [0.25, 0.3) is 0 Å². The molecule has 1 aromatic carbocycles. The van der Waals surface area contributed by atoms with Crippen LogP contribution in [0.4, 0.5) is 0 Å². The van der Waals surface area contributed by atoms with Crippen molar-refractivity contribution in [3.05, 3.63) is 46.5 Å². The van der Waals surface area contributed by atoms with Crippen LogP contribution in [0.3, 0.4) is 0 Å². The summed E-state index contributed by atoms with van der Waals surface area (Å²) in [5.74, 6) is 0.0515. The van der Waals surface area contributed by atoms with Gasteiger partial charge in [-0.15, -0.1) is 0 Å². The van der Waals surface area contributed by atoms with Crippen molar-refractivity contribution >= 4 is 23.3 Å². The zero-order valence-corrected chi connectivity index (χ0v) is 16.3. The second-order valence-electron chi connectivity index (χ2n) is 6.64. The zero-order valence-electron chi connectivity index (χ0n) is 15.5. The van der Waals surface area contributed by atoms with Crippen LogP contribution >= 0.6 is 11.8 Å². The van der Waals surface area contributed by atoms with E-state index in [0.717, 1.165) is 36.3 Å². The molecule has 0 unspecified atom stereocenters. The van der Waals surface area contributed by atoms with E-state index in [-0.39, 0.29) is 23.5 Å². The van der Waals surface area contributed by atoms with E-state index in [0.29, 0.717) is 17.3 Å². The van der Waals surface area contributed by atoms with E-state index in [1.165, 1.54) is 16.3 Å². The third-order valence-electron chi connectivity index (χ3n) is 4.60. The van der Waals surface area contributed by atoms with E-state index in [1.807, 2.05) is 37.3 Å². The first kappa shape index (κ1) is 18.7. The number of ether oxygens (including phenoxy) is 1. The van der Waals surface area contributed by atoms with Crippen LogP contribution in [-0.4, -0.2) is 50.5 Å². The lowest BCUT2D eigenvalue weighted by atomic mass is 10.1. The average molecular weight is 399 g/mol. The largest absolute Gasteiger partial charge is 0.376 e. The highest BCUT2D eigenvalue weighted by Gasteiger charge is 2.18. The molecule has 146 valence electrons. The maximum absolute atomic E-state index is 12.4. The minimum absolute atomic E-state index is 0.103. The summed E-state index contributed by atoms with van der Waals surface area (Å²) in [7, 11) is 0. The monoisotopic (exact) mass is 399 g/mol. The van der Waals surface area contributed by atoms with Crippen LogP contribution in [-0.2, 0) is 9.53 Å². The summed E-state index contributed by atoms with van der Waals surface area (Å²) < 4.78 is 6.76. The summed E-state index contributed by atoms with van der Waals surface area (Å²) in [4.78, 5) is 31.7.